The first-order chi connectivity index (χ1) is 8.16. The zero-order chi connectivity index (χ0) is 12.0. The average Bonchev–Trinajstić information content (AvgIpc) is 2.84. The van der Waals surface area contributed by atoms with Crippen LogP contribution in [0.4, 0.5) is 0 Å². The molecule has 0 spiro atoms. The largest absolute Gasteiger partial charge is 0.378 e. The summed E-state index contributed by atoms with van der Waals surface area (Å²) in [5.74, 6) is 1.22. The molecule has 2 atom stereocenters. The highest BCUT2D eigenvalue weighted by Crippen LogP contribution is 2.29. The third-order valence-electron chi connectivity index (χ3n) is 3.33. The van der Waals surface area contributed by atoms with Crippen molar-refractivity contribution in [1.29, 1.82) is 0 Å². The summed E-state index contributed by atoms with van der Waals surface area (Å²) in [6.07, 6.45) is 4.74. The molecule has 0 bridgehead atoms. The maximum absolute atomic E-state index is 11.7. The van der Waals surface area contributed by atoms with Crippen molar-refractivity contribution in [1.82, 2.24) is 14.4 Å². The summed E-state index contributed by atoms with van der Waals surface area (Å²) in [5, 5.41) is 0. The van der Waals surface area contributed by atoms with E-state index < -0.39 is 0 Å². The van der Waals surface area contributed by atoms with Crippen LogP contribution in [0.3, 0.4) is 0 Å². The minimum atomic E-state index is -0.0873. The lowest BCUT2D eigenvalue weighted by Gasteiger charge is -2.05. The molecular formula is C12H15N3O2. The zero-order valence-corrected chi connectivity index (χ0v) is 9.93. The van der Waals surface area contributed by atoms with E-state index in [1.807, 2.05) is 17.5 Å². The second-order valence-corrected chi connectivity index (χ2v) is 4.64. The Bertz CT molecular complexity index is 614. The molecule has 1 fully saturated rings. The molecule has 5 nitrogen and oxygen atoms in total. The number of hydrogen-bond donors (Lipinski definition) is 1. The van der Waals surface area contributed by atoms with Gasteiger partial charge in [-0.2, -0.15) is 0 Å². The predicted molar refractivity (Wildman–Crippen MR) is 63.3 cm³/mol. The van der Waals surface area contributed by atoms with Crippen LogP contribution in [0.1, 0.15) is 30.8 Å². The fourth-order valence-electron chi connectivity index (χ4n) is 2.53. The molecule has 17 heavy (non-hydrogen) atoms. The summed E-state index contributed by atoms with van der Waals surface area (Å²) in [5.41, 5.74) is 1.33. The SMILES string of the molecule is Cc1nc(C2COC(C)C2)n2cc[nH]c(=O)c12. The van der Waals surface area contributed by atoms with E-state index in [1.54, 1.807) is 6.20 Å². The van der Waals surface area contributed by atoms with Crippen molar-refractivity contribution < 1.29 is 4.74 Å². The number of ether oxygens (including phenoxy) is 1. The molecule has 1 aliphatic heterocycles. The smallest absolute Gasteiger partial charge is 0.274 e. The number of rotatable bonds is 1. The van der Waals surface area contributed by atoms with Crippen LogP contribution < -0.4 is 5.56 Å². The second kappa shape index (κ2) is 3.70. The van der Waals surface area contributed by atoms with Crippen molar-refractivity contribution in [3.8, 4) is 0 Å². The van der Waals surface area contributed by atoms with E-state index in [-0.39, 0.29) is 17.6 Å². The van der Waals surface area contributed by atoms with Crippen LogP contribution in [-0.2, 0) is 4.74 Å². The molecule has 0 amide bonds. The maximum atomic E-state index is 11.7. The van der Waals surface area contributed by atoms with Gasteiger partial charge >= 0.3 is 0 Å². The van der Waals surface area contributed by atoms with Gasteiger partial charge < -0.3 is 9.72 Å². The van der Waals surface area contributed by atoms with Crippen LogP contribution in [-0.4, -0.2) is 27.1 Å². The number of hydrogen-bond acceptors (Lipinski definition) is 3. The van der Waals surface area contributed by atoms with Crippen molar-refractivity contribution in [2.75, 3.05) is 6.61 Å². The number of nitrogens with zero attached hydrogens (tertiary/aromatic N) is 2. The van der Waals surface area contributed by atoms with Gasteiger partial charge in [0.1, 0.15) is 11.3 Å². The van der Waals surface area contributed by atoms with Gasteiger partial charge in [0.05, 0.1) is 18.4 Å². The molecule has 90 valence electrons. The molecule has 1 saturated heterocycles. The van der Waals surface area contributed by atoms with Gasteiger partial charge in [-0.3, -0.25) is 9.20 Å². The Morgan fingerprint density at radius 3 is 3.12 bits per heavy atom. The Kier molecular flexibility index (Phi) is 2.29. The molecule has 0 aromatic carbocycles. The van der Waals surface area contributed by atoms with E-state index >= 15 is 0 Å². The Labute approximate surface area is 98.4 Å². The van der Waals surface area contributed by atoms with E-state index in [9.17, 15) is 4.79 Å². The molecule has 0 aliphatic carbocycles. The van der Waals surface area contributed by atoms with E-state index in [2.05, 4.69) is 16.9 Å². The number of imidazole rings is 1. The molecule has 0 radical (unpaired) electrons. The number of aryl methyl sites for hydroxylation is 1. The minimum Gasteiger partial charge on any atom is -0.378 e. The molecule has 0 saturated carbocycles. The lowest BCUT2D eigenvalue weighted by Crippen LogP contribution is -2.11. The van der Waals surface area contributed by atoms with Gasteiger partial charge in [0.15, 0.2) is 0 Å². The summed E-state index contributed by atoms with van der Waals surface area (Å²) in [7, 11) is 0. The highest BCUT2D eigenvalue weighted by Gasteiger charge is 2.27. The predicted octanol–water partition coefficient (Wildman–Crippen LogP) is 1.22. The number of H-pyrrole nitrogens is 1. The highest BCUT2D eigenvalue weighted by molar-refractivity contribution is 5.50. The Morgan fingerprint density at radius 2 is 2.41 bits per heavy atom. The van der Waals surface area contributed by atoms with Gasteiger partial charge in [0.2, 0.25) is 0 Å². The number of nitrogens with one attached hydrogen (secondary N) is 1. The Morgan fingerprint density at radius 1 is 1.59 bits per heavy atom. The van der Waals surface area contributed by atoms with Crippen LogP contribution in [0.15, 0.2) is 17.2 Å². The molecule has 1 aliphatic rings. The summed E-state index contributed by atoms with van der Waals surface area (Å²) >= 11 is 0. The van der Waals surface area contributed by atoms with Crippen LogP contribution in [0.2, 0.25) is 0 Å². The lowest BCUT2D eigenvalue weighted by atomic mass is 10.1. The molecule has 2 unspecified atom stereocenters. The Hall–Kier alpha value is -1.62. The van der Waals surface area contributed by atoms with Gasteiger partial charge in [0, 0.05) is 18.3 Å². The van der Waals surface area contributed by atoms with E-state index in [0.29, 0.717) is 12.1 Å². The van der Waals surface area contributed by atoms with Crippen molar-refractivity contribution in [3.63, 3.8) is 0 Å². The van der Waals surface area contributed by atoms with Gasteiger partial charge in [-0.25, -0.2) is 4.98 Å². The molecule has 3 rings (SSSR count). The monoisotopic (exact) mass is 233 g/mol. The standard InChI is InChI=1S/C12H15N3O2/c1-7-5-9(6-17-7)11-14-8(2)10-12(16)13-3-4-15(10)11/h3-4,7,9H,5-6H2,1-2H3,(H,13,16). The van der Waals surface area contributed by atoms with Gasteiger partial charge in [-0.05, 0) is 20.3 Å². The molecule has 2 aromatic heterocycles. The zero-order valence-electron chi connectivity index (χ0n) is 9.93. The third kappa shape index (κ3) is 1.58. The van der Waals surface area contributed by atoms with E-state index in [0.717, 1.165) is 17.9 Å². The molecule has 2 aromatic rings. The molecule has 5 heteroatoms. The van der Waals surface area contributed by atoms with Gasteiger partial charge in [0.25, 0.3) is 5.56 Å². The topological polar surface area (TPSA) is 59.4 Å². The molecular weight excluding hydrogens is 218 g/mol. The van der Waals surface area contributed by atoms with Crippen molar-refractivity contribution in [2.45, 2.75) is 32.3 Å². The quantitative estimate of drug-likeness (QED) is 0.805. The van der Waals surface area contributed by atoms with Crippen molar-refractivity contribution >= 4 is 5.52 Å². The summed E-state index contributed by atoms with van der Waals surface area (Å²) in [6.45, 7) is 4.62. The average molecular weight is 233 g/mol. The number of aromatic amines is 1. The fourth-order valence-corrected chi connectivity index (χ4v) is 2.53. The van der Waals surface area contributed by atoms with Crippen molar-refractivity contribution in [2.24, 2.45) is 0 Å². The van der Waals surface area contributed by atoms with Gasteiger partial charge in [-0.15, -0.1) is 0 Å². The maximum Gasteiger partial charge on any atom is 0.274 e. The summed E-state index contributed by atoms with van der Waals surface area (Å²) in [6, 6.07) is 0. The van der Waals surface area contributed by atoms with Crippen LogP contribution >= 0.6 is 0 Å². The van der Waals surface area contributed by atoms with Crippen LogP contribution in [0.25, 0.3) is 5.52 Å². The summed E-state index contributed by atoms with van der Waals surface area (Å²) in [4.78, 5) is 19.0. The first-order valence-corrected chi connectivity index (χ1v) is 5.84. The van der Waals surface area contributed by atoms with Crippen molar-refractivity contribution in [3.05, 3.63) is 34.3 Å². The third-order valence-corrected chi connectivity index (χ3v) is 3.33. The summed E-state index contributed by atoms with van der Waals surface area (Å²) < 4.78 is 7.46. The lowest BCUT2D eigenvalue weighted by molar-refractivity contribution is 0.123. The van der Waals surface area contributed by atoms with Gasteiger partial charge in [-0.1, -0.05) is 0 Å². The van der Waals surface area contributed by atoms with E-state index in [4.69, 9.17) is 4.74 Å². The highest BCUT2D eigenvalue weighted by atomic mass is 16.5. The normalized spacial score (nSPS) is 24.6. The van der Waals surface area contributed by atoms with Crippen LogP contribution in [0, 0.1) is 6.92 Å². The second-order valence-electron chi connectivity index (χ2n) is 4.64. The van der Waals surface area contributed by atoms with Crippen LogP contribution in [0.5, 0.6) is 0 Å². The number of aromatic nitrogens is 3. The first kappa shape index (κ1) is 10.5. The first-order valence-electron chi connectivity index (χ1n) is 5.84. The van der Waals surface area contributed by atoms with E-state index in [1.165, 1.54) is 0 Å². The molecule has 3 heterocycles. The fraction of sp³-hybridized carbons (Fsp3) is 0.500. The minimum absolute atomic E-state index is 0.0873. The Balaban J connectivity index is 2.18. The molecule has 1 N–H and O–H groups in total. The number of fused-ring (bicyclic) bond motifs is 1.